The Balaban J connectivity index is 1.97. The second kappa shape index (κ2) is 8.20. The third-order valence-corrected chi connectivity index (χ3v) is 4.25. The zero-order valence-corrected chi connectivity index (χ0v) is 13.7. The fraction of sp³-hybridized carbons (Fsp3) is 0.294. The highest BCUT2D eigenvalue weighted by Gasteiger charge is 2.02. The number of nitrogens with one attached hydrogen (secondary N) is 2. The highest BCUT2D eigenvalue weighted by Crippen LogP contribution is 2.14. The first-order valence-corrected chi connectivity index (χ1v) is 8.15. The molecule has 0 amide bonds. The van der Waals surface area contributed by atoms with Crippen molar-refractivity contribution in [2.24, 2.45) is 4.99 Å². The van der Waals surface area contributed by atoms with Crippen molar-refractivity contribution >= 4 is 17.3 Å². The maximum Gasteiger partial charge on any atom is 0.191 e. The molecule has 1 aromatic carbocycles. The third-order valence-electron chi connectivity index (χ3n) is 3.23. The van der Waals surface area contributed by atoms with E-state index in [9.17, 15) is 0 Å². The SMILES string of the molecule is CCNC(=NCc1ccc(C#N)cc1)NCc1sccc1C. The molecule has 2 aromatic rings. The Labute approximate surface area is 135 Å². The number of nitriles is 1. The molecule has 0 saturated carbocycles. The first kappa shape index (κ1) is 16.1. The molecular weight excluding hydrogens is 292 g/mol. The highest BCUT2D eigenvalue weighted by atomic mass is 32.1. The number of rotatable bonds is 5. The summed E-state index contributed by atoms with van der Waals surface area (Å²) < 4.78 is 0. The van der Waals surface area contributed by atoms with Crippen LogP contribution in [-0.2, 0) is 13.1 Å². The molecule has 1 heterocycles. The summed E-state index contributed by atoms with van der Waals surface area (Å²) in [7, 11) is 0. The number of benzene rings is 1. The first-order chi connectivity index (χ1) is 10.7. The van der Waals surface area contributed by atoms with Crippen molar-refractivity contribution in [1.29, 1.82) is 5.26 Å². The minimum absolute atomic E-state index is 0.588. The lowest BCUT2D eigenvalue weighted by molar-refractivity contribution is 0.821. The maximum atomic E-state index is 8.80. The van der Waals surface area contributed by atoms with E-state index < -0.39 is 0 Å². The van der Waals surface area contributed by atoms with E-state index in [1.54, 1.807) is 11.3 Å². The van der Waals surface area contributed by atoms with Crippen molar-refractivity contribution < 1.29 is 0 Å². The van der Waals surface area contributed by atoms with Crippen LogP contribution in [0.2, 0.25) is 0 Å². The predicted molar refractivity (Wildman–Crippen MR) is 91.9 cm³/mol. The van der Waals surface area contributed by atoms with E-state index in [1.165, 1.54) is 10.4 Å². The van der Waals surface area contributed by atoms with Crippen molar-refractivity contribution in [3.8, 4) is 6.07 Å². The van der Waals surface area contributed by atoms with Gasteiger partial charge in [0.05, 0.1) is 24.7 Å². The van der Waals surface area contributed by atoms with Crippen LogP contribution >= 0.6 is 11.3 Å². The van der Waals surface area contributed by atoms with Gasteiger partial charge in [-0.05, 0) is 48.6 Å². The van der Waals surface area contributed by atoms with E-state index in [2.05, 4.69) is 47.0 Å². The van der Waals surface area contributed by atoms with E-state index >= 15 is 0 Å². The quantitative estimate of drug-likeness (QED) is 0.658. The van der Waals surface area contributed by atoms with Gasteiger partial charge in [0.2, 0.25) is 0 Å². The molecule has 0 aliphatic rings. The Kier molecular flexibility index (Phi) is 5.99. The van der Waals surface area contributed by atoms with E-state index in [4.69, 9.17) is 5.26 Å². The molecule has 0 aliphatic carbocycles. The second-order valence-corrected chi connectivity index (χ2v) is 5.88. The molecule has 5 heteroatoms. The standard InChI is InChI=1S/C17H20N4S/c1-3-19-17(21-12-16-13(2)8-9-22-16)20-11-15-6-4-14(10-18)5-7-15/h4-9H,3,11-12H2,1-2H3,(H2,19,20,21). The van der Waals surface area contributed by atoms with Gasteiger partial charge in [0.15, 0.2) is 5.96 Å². The molecule has 0 bridgehead atoms. The van der Waals surface area contributed by atoms with Crippen molar-refractivity contribution in [2.75, 3.05) is 6.54 Å². The average Bonchev–Trinajstić information content (AvgIpc) is 2.96. The molecule has 1 aromatic heterocycles. The van der Waals surface area contributed by atoms with Crippen LogP contribution < -0.4 is 10.6 Å². The van der Waals surface area contributed by atoms with Crippen LogP contribution in [0.15, 0.2) is 40.7 Å². The van der Waals surface area contributed by atoms with Gasteiger partial charge in [-0.25, -0.2) is 4.99 Å². The van der Waals surface area contributed by atoms with Crippen LogP contribution in [-0.4, -0.2) is 12.5 Å². The van der Waals surface area contributed by atoms with Gasteiger partial charge in [-0.15, -0.1) is 11.3 Å². The summed E-state index contributed by atoms with van der Waals surface area (Å²) in [5.74, 6) is 0.805. The summed E-state index contributed by atoms with van der Waals surface area (Å²) in [6, 6.07) is 11.8. The summed E-state index contributed by atoms with van der Waals surface area (Å²) in [4.78, 5) is 5.91. The monoisotopic (exact) mass is 312 g/mol. The molecule has 0 fully saturated rings. The molecule has 0 unspecified atom stereocenters. The molecule has 0 atom stereocenters. The van der Waals surface area contributed by atoms with Crippen LogP contribution in [0.5, 0.6) is 0 Å². The number of hydrogen-bond donors (Lipinski definition) is 2. The highest BCUT2D eigenvalue weighted by molar-refractivity contribution is 7.10. The van der Waals surface area contributed by atoms with Gasteiger partial charge in [-0.1, -0.05) is 12.1 Å². The minimum atomic E-state index is 0.588. The molecular formula is C17H20N4S. The Morgan fingerprint density at radius 2 is 2.00 bits per heavy atom. The molecule has 2 rings (SSSR count). The second-order valence-electron chi connectivity index (χ2n) is 4.88. The van der Waals surface area contributed by atoms with Crippen molar-refractivity contribution in [2.45, 2.75) is 26.9 Å². The number of nitrogens with zero attached hydrogens (tertiary/aromatic N) is 2. The zero-order valence-electron chi connectivity index (χ0n) is 12.9. The van der Waals surface area contributed by atoms with Gasteiger partial charge >= 0.3 is 0 Å². The Hall–Kier alpha value is -2.32. The maximum absolute atomic E-state index is 8.80. The molecule has 114 valence electrons. The van der Waals surface area contributed by atoms with E-state index in [0.717, 1.165) is 24.6 Å². The Morgan fingerprint density at radius 1 is 1.23 bits per heavy atom. The van der Waals surface area contributed by atoms with Gasteiger partial charge in [0.25, 0.3) is 0 Å². The normalized spacial score (nSPS) is 11.0. The van der Waals surface area contributed by atoms with Crippen molar-refractivity contribution in [3.63, 3.8) is 0 Å². The van der Waals surface area contributed by atoms with Crippen LogP contribution in [0.25, 0.3) is 0 Å². The average molecular weight is 312 g/mol. The van der Waals surface area contributed by atoms with E-state index in [0.29, 0.717) is 12.1 Å². The van der Waals surface area contributed by atoms with Crippen LogP contribution in [0.1, 0.15) is 28.5 Å². The lowest BCUT2D eigenvalue weighted by atomic mass is 10.1. The minimum Gasteiger partial charge on any atom is -0.357 e. The van der Waals surface area contributed by atoms with Gasteiger partial charge in [-0.2, -0.15) is 5.26 Å². The van der Waals surface area contributed by atoms with Gasteiger partial charge in [0.1, 0.15) is 0 Å². The third kappa shape index (κ3) is 4.61. The summed E-state index contributed by atoms with van der Waals surface area (Å²) in [5, 5.41) is 17.5. The van der Waals surface area contributed by atoms with Crippen LogP contribution in [0.3, 0.4) is 0 Å². The number of aryl methyl sites for hydroxylation is 1. The van der Waals surface area contributed by atoms with Crippen LogP contribution in [0, 0.1) is 18.3 Å². The fourth-order valence-electron chi connectivity index (χ4n) is 1.95. The molecule has 0 radical (unpaired) electrons. The summed E-state index contributed by atoms with van der Waals surface area (Å²) in [6.07, 6.45) is 0. The number of guanidine groups is 1. The van der Waals surface area contributed by atoms with E-state index in [1.807, 2.05) is 24.3 Å². The van der Waals surface area contributed by atoms with Gasteiger partial charge in [-0.3, -0.25) is 0 Å². The first-order valence-electron chi connectivity index (χ1n) is 7.27. The van der Waals surface area contributed by atoms with Gasteiger partial charge in [0, 0.05) is 11.4 Å². The molecule has 22 heavy (non-hydrogen) atoms. The lowest BCUT2D eigenvalue weighted by Gasteiger charge is -2.11. The lowest BCUT2D eigenvalue weighted by Crippen LogP contribution is -2.36. The van der Waals surface area contributed by atoms with Crippen molar-refractivity contribution in [1.82, 2.24) is 10.6 Å². The molecule has 2 N–H and O–H groups in total. The largest absolute Gasteiger partial charge is 0.357 e. The molecule has 4 nitrogen and oxygen atoms in total. The predicted octanol–water partition coefficient (Wildman–Crippen LogP) is 3.18. The zero-order chi connectivity index (χ0) is 15.8. The number of thiophene rings is 1. The smallest absolute Gasteiger partial charge is 0.191 e. The Morgan fingerprint density at radius 3 is 2.59 bits per heavy atom. The summed E-state index contributed by atoms with van der Waals surface area (Å²) >= 11 is 1.75. The summed E-state index contributed by atoms with van der Waals surface area (Å²) in [5.41, 5.74) is 3.06. The molecule has 0 aliphatic heterocycles. The summed E-state index contributed by atoms with van der Waals surface area (Å²) in [6.45, 7) is 6.36. The molecule has 0 saturated heterocycles. The van der Waals surface area contributed by atoms with Gasteiger partial charge < -0.3 is 10.6 Å². The van der Waals surface area contributed by atoms with E-state index in [-0.39, 0.29) is 0 Å². The van der Waals surface area contributed by atoms with Crippen LogP contribution in [0.4, 0.5) is 0 Å². The number of aliphatic imine (C=N–C) groups is 1. The number of hydrogen-bond acceptors (Lipinski definition) is 3. The fourth-order valence-corrected chi connectivity index (χ4v) is 2.79. The van der Waals surface area contributed by atoms with Crippen molar-refractivity contribution in [3.05, 3.63) is 57.3 Å². The molecule has 0 spiro atoms. The Bertz CT molecular complexity index is 665. The topological polar surface area (TPSA) is 60.2 Å².